The third-order valence-corrected chi connectivity index (χ3v) is 8.42. The molecule has 1 heterocycles. The van der Waals surface area contributed by atoms with Crippen molar-refractivity contribution in [1.29, 1.82) is 0 Å². The van der Waals surface area contributed by atoms with Crippen LogP contribution in [0.1, 0.15) is 0 Å². The maximum Gasteiger partial charge on any atom is 0.207 e. The van der Waals surface area contributed by atoms with Gasteiger partial charge in [0.2, 0.25) is 9.84 Å². The highest BCUT2D eigenvalue weighted by atomic mass is 32.2. The van der Waals surface area contributed by atoms with Crippen LogP contribution >= 0.6 is 0 Å². The molecular formula is C30H23NO4S. The first-order valence-corrected chi connectivity index (χ1v) is 13.0. The predicted molar refractivity (Wildman–Crippen MR) is 143 cm³/mol. The Morgan fingerprint density at radius 2 is 1.22 bits per heavy atom. The summed E-state index contributed by atoms with van der Waals surface area (Å²) in [6.07, 6.45) is 0. The summed E-state index contributed by atoms with van der Waals surface area (Å²) in [4.78, 5) is 0.544. The number of sulfone groups is 1. The van der Waals surface area contributed by atoms with Crippen molar-refractivity contribution in [2.24, 2.45) is 0 Å². The molecule has 0 spiro atoms. The summed E-state index contributed by atoms with van der Waals surface area (Å²) in [6, 6.07) is 31.7. The van der Waals surface area contributed by atoms with E-state index in [2.05, 4.69) is 4.57 Å². The average molecular weight is 494 g/mol. The highest BCUT2D eigenvalue weighted by Crippen LogP contribution is 2.40. The fourth-order valence-electron chi connectivity index (χ4n) is 4.92. The van der Waals surface area contributed by atoms with Crippen molar-refractivity contribution in [3.8, 4) is 17.2 Å². The minimum absolute atomic E-state index is 0.268. The van der Waals surface area contributed by atoms with Crippen molar-refractivity contribution in [1.82, 2.24) is 4.57 Å². The number of rotatable bonds is 5. The third-order valence-electron chi connectivity index (χ3n) is 6.61. The molecule has 0 amide bonds. The Morgan fingerprint density at radius 3 is 1.81 bits per heavy atom. The van der Waals surface area contributed by atoms with Crippen molar-refractivity contribution in [3.05, 3.63) is 103 Å². The van der Waals surface area contributed by atoms with Crippen molar-refractivity contribution in [2.45, 2.75) is 9.79 Å². The number of ether oxygens (including phenoxy) is 2. The monoisotopic (exact) mass is 493 g/mol. The molecule has 36 heavy (non-hydrogen) atoms. The van der Waals surface area contributed by atoms with E-state index < -0.39 is 9.84 Å². The summed E-state index contributed by atoms with van der Waals surface area (Å²) in [7, 11) is -0.470. The summed E-state index contributed by atoms with van der Waals surface area (Å²) in [5.74, 6) is 1.49. The molecule has 1 aromatic heterocycles. The van der Waals surface area contributed by atoms with E-state index in [-0.39, 0.29) is 9.79 Å². The second kappa shape index (κ2) is 8.43. The maximum atomic E-state index is 13.8. The molecule has 0 atom stereocenters. The first kappa shape index (κ1) is 22.2. The zero-order valence-electron chi connectivity index (χ0n) is 19.8. The lowest BCUT2D eigenvalue weighted by molar-refractivity contribution is 0.415. The molecule has 0 unspecified atom stereocenters. The van der Waals surface area contributed by atoms with Crippen LogP contribution in [0.15, 0.2) is 113 Å². The Labute approximate surface area is 209 Å². The van der Waals surface area contributed by atoms with Crippen LogP contribution in [0.4, 0.5) is 0 Å². The highest BCUT2D eigenvalue weighted by Gasteiger charge is 2.23. The molecule has 0 radical (unpaired) electrons. The van der Waals surface area contributed by atoms with Crippen molar-refractivity contribution < 1.29 is 17.9 Å². The topological polar surface area (TPSA) is 57.5 Å². The van der Waals surface area contributed by atoms with Gasteiger partial charge in [0, 0.05) is 16.2 Å². The minimum Gasteiger partial charge on any atom is -0.497 e. The molecule has 0 aliphatic heterocycles. The molecule has 0 aliphatic carbocycles. The normalized spacial score (nSPS) is 11.8. The van der Waals surface area contributed by atoms with E-state index in [1.54, 1.807) is 50.6 Å². The smallest absolute Gasteiger partial charge is 0.207 e. The molecule has 0 N–H and O–H groups in total. The first-order valence-electron chi connectivity index (χ1n) is 11.5. The number of benzene rings is 5. The number of nitrogens with zero attached hydrogens (tertiary/aromatic N) is 1. The van der Waals surface area contributed by atoms with Crippen LogP contribution in [0.25, 0.3) is 38.3 Å². The second-order valence-corrected chi connectivity index (χ2v) is 10.5. The van der Waals surface area contributed by atoms with Gasteiger partial charge in [0.25, 0.3) is 0 Å². The lowest BCUT2D eigenvalue weighted by atomic mass is 10.1. The zero-order valence-corrected chi connectivity index (χ0v) is 20.6. The fraction of sp³-hybridized carbons (Fsp3) is 0.0667. The van der Waals surface area contributed by atoms with E-state index in [1.807, 2.05) is 66.7 Å². The standard InChI is InChI=1S/C30H23NO4S/c1-34-21-14-16-26-24(18-21)25-19-22(35-2)15-17-27(25)31(26)28-12-6-8-20-9-7-13-29(30(20)28)36(32,33)23-10-4-3-5-11-23/h3-19H,1-2H3. The van der Waals surface area contributed by atoms with Crippen LogP contribution in [0.5, 0.6) is 11.5 Å². The van der Waals surface area contributed by atoms with E-state index in [1.165, 1.54) is 0 Å². The molecule has 5 aromatic carbocycles. The molecule has 178 valence electrons. The van der Waals surface area contributed by atoms with Gasteiger partial charge in [-0.2, -0.15) is 0 Å². The van der Waals surface area contributed by atoms with E-state index in [4.69, 9.17) is 9.47 Å². The molecular weight excluding hydrogens is 470 g/mol. The summed E-state index contributed by atoms with van der Waals surface area (Å²) in [5.41, 5.74) is 2.68. The Morgan fingerprint density at radius 1 is 0.639 bits per heavy atom. The van der Waals surface area contributed by atoms with Gasteiger partial charge in [0.1, 0.15) is 11.5 Å². The Balaban J connectivity index is 1.75. The number of hydrogen-bond donors (Lipinski definition) is 0. The molecule has 0 fully saturated rings. The number of hydrogen-bond acceptors (Lipinski definition) is 4. The third kappa shape index (κ3) is 3.33. The molecule has 0 saturated heterocycles. The van der Waals surface area contributed by atoms with Gasteiger partial charge in [-0.1, -0.05) is 42.5 Å². The van der Waals surface area contributed by atoms with Crippen LogP contribution in [-0.4, -0.2) is 27.2 Å². The molecule has 0 saturated carbocycles. The fourth-order valence-corrected chi connectivity index (χ4v) is 6.44. The van der Waals surface area contributed by atoms with Gasteiger partial charge in [0.05, 0.1) is 40.7 Å². The summed E-state index contributed by atoms with van der Waals surface area (Å²) < 4.78 is 40.8. The molecule has 6 heteroatoms. The van der Waals surface area contributed by atoms with Crippen LogP contribution in [0.2, 0.25) is 0 Å². The zero-order chi connectivity index (χ0) is 24.9. The number of fused-ring (bicyclic) bond motifs is 4. The van der Waals surface area contributed by atoms with Crippen molar-refractivity contribution in [2.75, 3.05) is 14.2 Å². The van der Waals surface area contributed by atoms with Gasteiger partial charge < -0.3 is 14.0 Å². The SMILES string of the molecule is COc1ccc2c(c1)c1cc(OC)ccc1n2-c1cccc2cccc(S(=O)(=O)c3ccccc3)c12. The second-order valence-electron chi connectivity index (χ2n) is 8.55. The molecule has 6 aromatic rings. The van der Waals surface area contributed by atoms with Gasteiger partial charge >= 0.3 is 0 Å². The predicted octanol–water partition coefficient (Wildman–Crippen LogP) is 6.79. The van der Waals surface area contributed by atoms with Gasteiger partial charge in [-0.15, -0.1) is 0 Å². The van der Waals surface area contributed by atoms with E-state index in [0.717, 1.165) is 44.4 Å². The summed E-state index contributed by atoms with van der Waals surface area (Å²) in [5, 5.41) is 3.50. The van der Waals surface area contributed by atoms with Gasteiger partial charge in [-0.3, -0.25) is 0 Å². The van der Waals surface area contributed by atoms with Gasteiger partial charge in [-0.25, -0.2) is 8.42 Å². The maximum absolute atomic E-state index is 13.8. The number of methoxy groups -OCH3 is 2. The van der Waals surface area contributed by atoms with Crippen LogP contribution < -0.4 is 9.47 Å². The van der Waals surface area contributed by atoms with Crippen molar-refractivity contribution >= 4 is 42.4 Å². The Kier molecular flexibility index (Phi) is 5.20. The van der Waals surface area contributed by atoms with E-state index >= 15 is 0 Å². The van der Waals surface area contributed by atoms with Crippen LogP contribution in [0, 0.1) is 0 Å². The Hall–Kier alpha value is -4.29. The summed E-state index contributed by atoms with van der Waals surface area (Å²) >= 11 is 0. The quantitative estimate of drug-likeness (QED) is 0.265. The highest BCUT2D eigenvalue weighted by molar-refractivity contribution is 7.91. The lowest BCUT2D eigenvalue weighted by Crippen LogP contribution is -2.05. The number of aromatic nitrogens is 1. The molecule has 6 rings (SSSR count). The largest absolute Gasteiger partial charge is 0.497 e. The van der Waals surface area contributed by atoms with Gasteiger partial charge in [0.15, 0.2) is 0 Å². The lowest BCUT2D eigenvalue weighted by Gasteiger charge is -2.15. The first-order chi connectivity index (χ1) is 17.5. The Bertz CT molecular complexity index is 1810. The van der Waals surface area contributed by atoms with Crippen molar-refractivity contribution in [3.63, 3.8) is 0 Å². The molecule has 0 bridgehead atoms. The van der Waals surface area contributed by atoms with Gasteiger partial charge in [-0.05, 0) is 66.0 Å². The molecule has 0 aliphatic rings. The van der Waals surface area contributed by atoms with E-state index in [9.17, 15) is 8.42 Å². The minimum atomic E-state index is -3.76. The molecule has 5 nitrogen and oxygen atoms in total. The van der Waals surface area contributed by atoms with Crippen LogP contribution in [-0.2, 0) is 9.84 Å². The summed E-state index contributed by atoms with van der Waals surface area (Å²) in [6.45, 7) is 0. The van der Waals surface area contributed by atoms with E-state index in [0.29, 0.717) is 5.39 Å². The average Bonchev–Trinajstić information content (AvgIpc) is 3.25. The van der Waals surface area contributed by atoms with Crippen LogP contribution in [0.3, 0.4) is 0 Å².